The Morgan fingerprint density at radius 3 is 2.46 bits per heavy atom. The Morgan fingerprint density at radius 2 is 1.80 bits per heavy atom. The number of rotatable bonds is 9. The average molecular weight is 499 g/mol. The van der Waals surface area contributed by atoms with E-state index in [1.54, 1.807) is 44.2 Å². The van der Waals surface area contributed by atoms with Crippen molar-refractivity contribution in [3.8, 4) is 11.5 Å². The van der Waals surface area contributed by atoms with Gasteiger partial charge in [0.15, 0.2) is 18.1 Å². The first-order valence-electron chi connectivity index (χ1n) is 10.8. The van der Waals surface area contributed by atoms with E-state index in [2.05, 4.69) is 5.32 Å². The Bertz CT molecular complexity index is 1160. The first-order valence-corrected chi connectivity index (χ1v) is 11.6. The molecule has 0 saturated carbocycles. The number of imide groups is 1. The average Bonchev–Trinajstić information content (AvgIpc) is 3.06. The van der Waals surface area contributed by atoms with Crippen LogP contribution in [0.15, 0.2) is 47.4 Å². The van der Waals surface area contributed by atoms with E-state index in [-0.39, 0.29) is 17.6 Å². The van der Waals surface area contributed by atoms with Gasteiger partial charge in [0.25, 0.3) is 11.1 Å². The van der Waals surface area contributed by atoms with Gasteiger partial charge in [-0.05, 0) is 68.4 Å². The fraction of sp³-hybridized carbons (Fsp3) is 0.280. The third kappa shape index (κ3) is 7.10. The lowest BCUT2D eigenvalue weighted by atomic mass is 10.2. The number of ether oxygens (including phenoxy) is 3. The summed E-state index contributed by atoms with van der Waals surface area (Å²) in [5.74, 6) is -0.878. The van der Waals surface area contributed by atoms with E-state index in [9.17, 15) is 19.2 Å². The zero-order chi connectivity index (χ0) is 25.5. The number of anilines is 1. The van der Waals surface area contributed by atoms with E-state index in [1.165, 1.54) is 13.2 Å². The predicted molar refractivity (Wildman–Crippen MR) is 132 cm³/mol. The number of methoxy groups -OCH3 is 1. The molecule has 1 heterocycles. The molecule has 0 atom stereocenters. The fourth-order valence-electron chi connectivity index (χ4n) is 3.10. The van der Waals surface area contributed by atoms with E-state index in [4.69, 9.17) is 14.2 Å². The Morgan fingerprint density at radius 1 is 1.09 bits per heavy atom. The SMILES string of the molecule is COc1cc(/C=C2\SC(=O)N(CC(=O)Nc3ccc(C)cc3)C2=O)ccc1OCC(=O)OC(C)C. The zero-order valence-electron chi connectivity index (χ0n) is 19.8. The molecule has 0 aromatic heterocycles. The van der Waals surface area contributed by atoms with Crippen LogP contribution in [0.25, 0.3) is 6.08 Å². The highest BCUT2D eigenvalue weighted by molar-refractivity contribution is 8.18. The molecule has 35 heavy (non-hydrogen) atoms. The highest BCUT2D eigenvalue weighted by atomic mass is 32.2. The second-order valence-corrected chi connectivity index (χ2v) is 8.91. The summed E-state index contributed by atoms with van der Waals surface area (Å²) in [5.41, 5.74) is 2.20. The number of amides is 3. The maximum Gasteiger partial charge on any atom is 0.344 e. The Balaban J connectivity index is 1.66. The maximum atomic E-state index is 12.8. The van der Waals surface area contributed by atoms with E-state index in [1.807, 2.05) is 19.1 Å². The number of carbonyl (C=O) groups is 4. The minimum absolute atomic E-state index is 0.175. The maximum absolute atomic E-state index is 12.8. The van der Waals surface area contributed by atoms with Crippen LogP contribution in [0.1, 0.15) is 25.0 Å². The molecule has 1 fully saturated rings. The molecule has 0 aliphatic carbocycles. The van der Waals surface area contributed by atoms with Crippen LogP contribution in [-0.4, -0.2) is 54.3 Å². The van der Waals surface area contributed by atoms with E-state index >= 15 is 0 Å². The standard InChI is InChI=1S/C25H26N2O7S/c1-15(2)34-23(29)14-33-19-10-7-17(11-20(19)32-4)12-21-24(30)27(25(31)35-21)13-22(28)26-18-8-5-16(3)6-9-18/h5-12,15H,13-14H2,1-4H3,(H,26,28)/b21-12-. The van der Waals surface area contributed by atoms with Gasteiger partial charge < -0.3 is 19.5 Å². The van der Waals surface area contributed by atoms with Gasteiger partial charge in [-0.3, -0.25) is 19.3 Å². The van der Waals surface area contributed by atoms with Crippen LogP contribution in [0.2, 0.25) is 0 Å². The summed E-state index contributed by atoms with van der Waals surface area (Å²) in [7, 11) is 1.44. The summed E-state index contributed by atoms with van der Waals surface area (Å²) in [6.07, 6.45) is 1.28. The van der Waals surface area contributed by atoms with Crippen LogP contribution in [0.3, 0.4) is 0 Å². The molecule has 10 heteroatoms. The van der Waals surface area contributed by atoms with Crippen molar-refractivity contribution >= 4 is 46.5 Å². The molecule has 184 valence electrons. The highest BCUT2D eigenvalue weighted by Gasteiger charge is 2.36. The van der Waals surface area contributed by atoms with Gasteiger partial charge in [0.2, 0.25) is 5.91 Å². The summed E-state index contributed by atoms with van der Waals surface area (Å²) in [5, 5.41) is 2.14. The number of aryl methyl sites for hydroxylation is 1. The van der Waals surface area contributed by atoms with Gasteiger partial charge in [-0.25, -0.2) is 4.79 Å². The van der Waals surface area contributed by atoms with Gasteiger partial charge in [0.1, 0.15) is 6.54 Å². The molecule has 9 nitrogen and oxygen atoms in total. The van der Waals surface area contributed by atoms with Crippen LogP contribution in [-0.2, 0) is 19.1 Å². The number of hydrogen-bond donors (Lipinski definition) is 1. The van der Waals surface area contributed by atoms with Crippen molar-refractivity contribution in [2.75, 3.05) is 25.6 Å². The quantitative estimate of drug-likeness (QED) is 0.408. The number of benzene rings is 2. The van der Waals surface area contributed by atoms with Gasteiger partial charge in [0, 0.05) is 5.69 Å². The number of nitrogens with one attached hydrogen (secondary N) is 1. The van der Waals surface area contributed by atoms with E-state index in [0.717, 1.165) is 22.2 Å². The van der Waals surface area contributed by atoms with E-state index < -0.39 is 29.6 Å². The summed E-state index contributed by atoms with van der Waals surface area (Å²) < 4.78 is 15.8. The molecular formula is C25H26N2O7S. The third-order valence-corrected chi connectivity index (χ3v) is 5.62. The molecule has 3 amide bonds. The molecule has 0 bridgehead atoms. The topological polar surface area (TPSA) is 111 Å². The molecule has 1 N–H and O–H groups in total. The van der Waals surface area contributed by atoms with Crippen LogP contribution in [0.5, 0.6) is 11.5 Å². The minimum Gasteiger partial charge on any atom is -0.493 e. The van der Waals surface area contributed by atoms with Gasteiger partial charge >= 0.3 is 5.97 Å². The van der Waals surface area contributed by atoms with Gasteiger partial charge in [0.05, 0.1) is 18.1 Å². The van der Waals surface area contributed by atoms with Crippen LogP contribution in [0.4, 0.5) is 10.5 Å². The minimum atomic E-state index is -0.560. The van der Waals surface area contributed by atoms with Crippen molar-refractivity contribution in [1.82, 2.24) is 4.90 Å². The molecule has 0 radical (unpaired) electrons. The van der Waals surface area contributed by atoms with Crippen molar-refractivity contribution in [3.63, 3.8) is 0 Å². The first kappa shape index (κ1) is 25.8. The Kier molecular flexibility index (Phi) is 8.53. The predicted octanol–water partition coefficient (Wildman–Crippen LogP) is 4.01. The number of esters is 1. The number of carbonyl (C=O) groups excluding carboxylic acids is 4. The normalized spacial score (nSPS) is 14.4. The second kappa shape index (κ2) is 11.6. The number of thioether (sulfide) groups is 1. The van der Waals surface area contributed by atoms with Crippen molar-refractivity contribution in [1.29, 1.82) is 0 Å². The molecule has 2 aromatic carbocycles. The lowest BCUT2D eigenvalue weighted by Crippen LogP contribution is -2.36. The van der Waals surface area contributed by atoms with Crippen LogP contribution >= 0.6 is 11.8 Å². The number of hydrogen-bond acceptors (Lipinski definition) is 8. The lowest BCUT2D eigenvalue weighted by molar-refractivity contribution is -0.149. The third-order valence-electron chi connectivity index (χ3n) is 4.71. The van der Waals surface area contributed by atoms with E-state index in [0.29, 0.717) is 22.7 Å². The molecule has 0 unspecified atom stereocenters. The molecule has 2 aromatic rings. The molecular weight excluding hydrogens is 472 g/mol. The highest BCUT2D eigenvalue weighted by Crippen LogP contribution is 2.34. The largest absolute Gasteiger partial charge is 0.493 e. The number of nitrogens with zero attached hydrogens (tertiary/aromatic N) is 1. The van der Waals surface area contributed by atoms with Gasteiger partial charge in [-0.1, -0.05) is 23.8 Å². The molecule has 3 rings (SSSR count). The van der Waals surface area contributed by atoms with Crippen molar-refractivity contribution in [2.45, 2.75) is 26.9 Å². The zero-order valence-corrected chi connectivity index (χ0v) is 20.6. The first-order chi connectivity index (χ1) is 16.7. The van der Waals surface area contributed by atoms with Gasteiger partial charge in [-0.15, -0.1) is 0 Å². The monoisotopic (exact) mass is 498 g/mol. The summed E-state index contributed by atoms with van der Waals surface area (Å²) in [4.78, 5) is 50.3. The van der Waals surface area contributed by atoms with Crippen molar-refractivity contribution in [3.05, 3.63) is 58.5 Å². The van der Waals surface area contributed by atoms with Crippen molar-refractivity contribution < 1.29 is 33.4 Å². The molecule has 1 aliphatic heterocycles. The fourth-order valence-corrected chi connectivity index (χ4v) is 3.93. The summed E-state index contributed by atoms with van der Waals surface area (Å²) in [6.45, 7) is 4.74. The van der Waals surface area contributed by atoms with Crippen LogP contribution < -0.4 is 14.8 Å². The molecule has 0 spiro atoms. The smallest absolute Gasteiger partial charge is 0.344 e. The van der Waals surface area contributed by atoms with Crippen molar-refractivity contribution in [2.24, 2.45) is 0 Å². The second-order valence-electron chi connectivity index (χ2n) is 7.92. The Hall–Kier alpha value is -3.79. The molecule has 1 aliphatic rings. The molecule has 1 saturated heterocycles. The summed E-state index contributed by atoms with van der Waals surface area (Å²) >= 11 is 0.750. The van der Waals surface area contributed by atoms with Crippen LogP contribution in [0, 0.1) is 6.92 Å². The van der Waals surface area contributed by atoms with Gasteiger partial charge in [-0.2, -0.15) is 0 Å². The summed E-state index contributed by atoms with van der Waals surface area (Å²) in [6, 6.07) is 12.0. The Labute approximate surface area is 207 Å². The lowest BCUT2D eigenvalue weighted by Gasteiger charge is -2.13.